The molecule has 1 aromatic carbocycles. The van der Waals surface area contributed by atoms with Crippen LogP contribution in [-0.4, -0.2) is 19.9 Å². The Bertz CT molecular complexity index is 558. The van der Waals surface area contributed by atoms with Gasteiger partial charge in [-0.25, -0.2) is 0 Å². The fourth-order valence-electron chi connectivity index (χ4n) is 2.22. The summed E-state index contributed by atoms with van der Waals surface area (Å²) in [6.45, 7) is 8.19. The van der Waals surface area contributed by atoms with Crippen LogP contribution in [0.4, 0.5) is 0 Å². The summed E-state index contributed by atoms with van der Waals surface area (Å²) in [5, 5.41) is 17.6. The van der Waals surface area contributed by atoms with E-state index in [1.807, 2.05) is 4.57 Å². The Hall–Kier alpha value is -1.68. The highest BCUT2D eigenvalue weighted by molar-refractivity contribution is 5.61. The first-order chi connectivity index (χ1) is 8.54. The summed E-state index contributed by atoms with van der Waals surface area (Å²) in [6.07, 6.45) is 0. The number of rotatable bonds is 3. The molecule has 2 aromatic rings. The molecule has 4 heteroatoms. The Kier molecular flexibility index (Phi) is 3.48. The number of aryl methyl sites for hydroxylation is 2. The first-order valence-corrected chi connectivity index (χ1v) is 6.17. The molecule has 0 aliphatic rings. The van der Waals surface area contributed by atoms with E-state index in [2.05, 4.69) is 56.1 Å². The van der Waals surface area contributed by atoms with Gasteiger partial charge in [-0.15, -0.1) is 10.2 Å². The van der Waals surface area contributed by atoms with Gasteiger partial charge in [0.1, 0.15) is 6.61 Å². The van der Waals surface area contributed by atoms with Crippen molar-refractivity contribution < 1.29 is 5.11 Å². The normalized spacial score (nSPS) is 11.2. The zero-order valence-corrected chi connectivity index (χ0v) is 11.3. The molecule has 18 heavy (non-hydrogen) atoms. The largest absolute Gasteiger partial charge is 0.388 e. The van der Waals surface area contributed by atoms with Gasteiger partial charge in [0.2, 0.25) is 0 Å². The summed E-state index contributed by atoms with van der Waals surface area (Å²) >= 11 is 0. The Balaban J connectivity index is 2.60. The third kappa shape index (κ3) is 2.16. The van der Waals surface area contributed by atoms with Crippen molar-refractivity contribution in [3.63, 3.8) is 0 Å². The zero-order chi connectivity index (χ0) is 13.3. The molecule has 96 valence electrons. The second-order valence-electron chi connectivity index (χ2n) is 4.88. The number of aliphatic hydroxyl groups excluding tert-OH is 1. The molecule has 0 aliphatic heterocycles. The van der Waals surface area contributed by atoms with Gasteiger partial charge in [0.15, 0.2) is 11.6 Å². The van der Waals surface area contributed by atoms with Gasteiger partial charge in [-0.1, -0.05) is 23.8 Å². The third-order valence-electron chi connectivity index (χ3n) is 3.05. The minimum absolute atomic E-state index is 0.0872. The van der Waals surface area contributed by atoms with Crippen LogP contribution in [0, 0.1) is 13.8 Å². The lowest BCUT2D eigenvalue weighted by atomic mass is 10.0. The fraction of sp³-hybridized carbons (Fsp3) is 0.429. The number of nitrogens with zero attached hydrogens (tertiary/aromatic N) is 3. The third-order valence-corrected chi connectivity index (χ3v) is 3.05. The number of aromatic nitrogens is 3. The van der Waals surface area contributed by atoms with Gasteiger partial charge in [-0.3, -0.25) is 0 Å². The van der Waals surface area contributed by atoms with Crippen LogP contribution in [0.2, 0.25) is 0 Å². The zero-order valence-electron chi connectivity index (χ0n) is 11.3. The summed E-state index contributed by atoms with van der Waals surface area (Å²) < 4.78 is 1.98. The van der Waals surface area contributed by atoms with Crippen molar-refractivity contribution in [1.29, 1.82) is 0 Å². The second-order valence-corrected chi connectivity index (χ2v) is 4.88. The summed E-state index contributed by atoms with van der Waals surface area (Å²) in [5.74, 6) is 1.44. The first kappa shape index (κ1) is 12.8. The maximum absolute atomic E-state index is 9.32. The van der Waals surface area contributed by atoms with Crippen LogP contribution >= 0.6 is 0 Å². The van der Waals surface area contributed by atoms with E-state index in [1.54, 1.807) is 0 Å². The average molecular weight is 245 g/mol. The molecule has 0 fully saturated rings. The molecule has 0 radical (unpaired) electrons. The van der Waals surface area contributed by atoms with Gasteiger partial charge in [0.25, 0.3) is 0 Å². The Labute approximate surface area is 107 Å². The van der Waals surface area contributed by atoms with E-state index in [9.17, 15) is 5.11 Å². The molecule has 0 aliphatic carbocycles. The monoisotopic (exact) mass is 245 g/mol. The van der Waals surface area contributed by atoms with Crippen molar-refractivity contribution in [2.24, 2.45) is 0 Å². The fourth-order valence-corrected chi connectivity index (χ4v) is 2.22. The minimum Gasteiger partial charge on any atom is -0.388 e. The number of hydrogen-bond acceptors (Lipinski definition) is 3. The van der Waals surface area contributed by atoms with Crippen molar-refractivity contribution >= 4 is 0 Å². The van der Waals surface area contributed by atoms with E-state index < -0.39 is 0 Å². The molecule has 0 saturated carbocycles. The molecule has 0 amide bonds. The molecule has 2 rings (SSSR count). The second kappa shape index (κ2) is 4.90. The van der Waals surface area contributed by atoms with Gasteiger partial charge in [-0.2, -0.15) is 0 Å². The molecule has 1 aromatic heterocycles. The SMILES string of the molecule is Cc1ccc(-c2nnc(CO)n2C(C)C)c(C)c1. The summed E-state index contributed by atoms with van der Waals surface area (Å²) in [6, 6.07) is 6.49. The molecule has 0 spiro atoms. The van der Waals surface area contributed by atoms with Crippen molar-refractivity contribution in [3.05, 3.63) is 35.2 Å². The van der Waals surface area contributed by atoms with Gasteiger partial charge < -0.3 is 9.67 Å². The highest BCUT2D eigenvalue weighted by atomic mass is 16.3. The average Bonchev–Trinajstić information content (AvgIpc) is 2.72. The van der Waals surface area contributed by atoms with Crippen LogP contribution in [0.3, 0.4) is 0 Å². The molecule has 1 heterocycles. The lowest BCUT2D eigenvalue weighted by molar-refractivity contribution is 0.262. The summed E-state index contributed by atoms with van der Waals surface area (Å²) in [4.78, 5) is 0. The molecule has 4 nitrogen and oxygen atoms in total. The number of benzene rings is 1. The highest BCUT2D eigenvalue weighted by Gasteiger charge is 2.16. The van der Waals surface area contributed by atoms with Crippen LogP contribution in [0.5, 0.6) is 0 Å². The van der Waals surface area contributed by atoms with E-state index >= 15 is 0 Å². The number of hydrogen-bond donors (Lipinski definition) is 1. The first-order valence-electron chi connectivity index (χ1n) is 6.17. The van der Waals surface area contributed by atoms with Crippen LogP contribution in [0.25, 0.3) is 11.4 Å². The predicted molar refractivity (Wildman–Crippen MR) is 71.2 cm³/mol. The lowest BCUT2D eigenvalue weighted by Crippen LogP contribution is -2.08. The van der Waals surface area contributed by atoms with Gasteiger partial charge >= 0.3 is 0 Å². The quantitative estimate of drug-likeness (QED) is 0.904. The van der Waals surface area contributed by atoms with Crippen molar-refractivity contribution in [3.8, 4) is 11.4 Å². The highest BCUT2D eigenvalue weighted by Crippen LogP contribution is 2.26. The van der Waals surface area contributed by atoms with E-state index in [4.69, 9.17) is 0 Å². The molecule has 0 saturated heterocycles. The van der Waals surface area contributed by atoms with Crippen LogP contribution in [0.15, 0.2) is 18.2 Å². The Morgan fingerprint density at radius 2 is 1.94 bits per heavy atom. The molecule has 0 unspecified atom stereocenters. The van der Waals surface area contributed by atoms with Crippen molar-refractivity contribution in [2.75, 3.05) is 0 Å². The molecule has 0 bridgehead atoms. The lowest BCUT2D eigenvalue weighted by Gasteiger charge is -2.14. The summed E-state index contributed by atoms with van der Waals surface area (Å²) in [7, 11) is 0. The van der Waals surface area contributed by atoms with Crippen LogP contribution in [-0.2, 0) is 6.61 Å². The van der Waals surface area contributed by atoms with E-state index in [0.717, 1.165) is 11.4 Å². The minimum atomic E-state index is -0.0872. The molecule has 0 atom stereocenters. The Morgan fingerprint density at radius 3 is 2.50 bits per heavy atom. The Morgan fingerprint density at radius 1 is 1.22 bits per heavy atom. The molecular weight excluding hydrogens is 226 g/mol. The smallest absolute Gasteiger partial charge is 0.164 e. The standard InChI is InChI=1S/C14H19N3O/c1-9(2)17-13(8-18)15-16-14(17)12-6-5-10(3)7-11(12)4/h5-7,9,18H,8H2,1-4H3. The topological polar surface area (TPSA) is 50.9 Å². The van der Waals surface area contributed by atoms with E-state index in [1.165, 1.54) is 11.1 Å². The maximum atomic E-state index is 9.32. The van der Waals surface area contributed by atoms with Crippen molar-refractivity contribution in [2.45, 2.75) is 40.3 Å². The number of aliphatic hydroxyl groups is 1. The van der Waals surface area contributed by atoms with Gasteiger partial charge in [0.05, 0.1) is 0 Å². The van der Waals surface area contributed by atoms with Crippen LogP contribution in [0.1, 0.15) is 36.8 Å². The van der Waals surface area contributed by atoms with E-state index in [0.29, 0.717) is 5.82 Å². The maximum Gasteiger partial charge on any atom is 0.164 e. The summed E-state index contributed by atoms with van der Waals surface area (Å²) in [5.41, 5.74) is 3.48. The van der Waals surface area contributed by atoms with E-state index in [-0.39, 0.29) is 12.6 Å². The predicted octanol–water partition coefficient (Wildman–Crippen LogP) is 2.64. The van der Waals surface area contributed by atoms with Crippen molar-refractivity contribution in [1.82, 2.24) is 14.8 Å². The van der Waals surface area contributed by atoms with Gasteiger partial charge in [-0.05, 0) is 33.3 Å². The van der Waals surface area contributed by atoms with Crippen LogP contribution < -0.4 is 0 Å². The van der Waals surface area contributed by atoms with Gasteiger partial charge in [0, 0.05) is 11.6 Å². The molecule has 1 N–H and O–H groups in total. The molecular formula is C14H19N3O.